The second-order valence-corrected chi connectivity index (χ2v) is 4.19. The molecular formula is C14H15N3O2. The quantitative estimate of drug-likeness (QED) is 0.564. The van der Waals surface area contributed by atoms with Gasteiger partial charge in [-0.2, -0.15) is 0 Å². The van der Waals surface area contributed by atoms with Crippen LogP contribution >= 0.6 is 0 Å². The molecule has 0 aliphatic rings. The Morgan fingerprint density at radius 2 is 1.95 bits per heavy atom. The number of fused-ring (bicyclic) bond motifs is 4. The maximum absolute atomic E-state index is 10.1. The van der Waals surface area contributed by atoms with Gasteiger partial charge in [-0.25, -0.2) is 0 Å². The summed E-state index contributed by atoms with van der Waals surface area (Å²) in [6.07, 6.45) is 4.94. The monoisotopic (exact) mass is 257 g/mol. The summed E-state index contributed by atoms with van der Waals surface area (Å²) in [6.45, 7) is 4.03. The van der Waals surface area contributed by atoms with Gasteiger partial charge in [-0.1, -0.05) is 24.8 Å². The van der Waals surface area contributed by atoms with Crippen LogP contribution < -0.4 is 0 Å². The number of aliphatic hydroxyl groups excluding tert-OH is 1. The van der Waals surface area contributed by atoms with Crippen molar-refractivity contribution >= 4 is 16.7 Å². The van der Waals surface area contributed by atoms with Crippen molar-refractivity contribution in [2.24, 2.45) is 0 Å². The van der Waals surface area contributed by atoms with Gasteiger partial charge in [0.2, 0.25) is 0 Å². The van der Waals surface area contributed by atoms with Crippen molar-refractivity contribution in [1.29, 1.82) is 0 Å². The lowest BCUT2D eigenvalue weighted by atomic mass is 10.3. The summed E-state index contributed by atoms with van der Waals surface area (Å²) >= 11 is 0. The third-order valence-electron chi connectivity index (χ3n) is 3.02. The van der Waals surface area contributed by atoms with Crippen molar-refractivity contribution in [1.82, 2.24) is 14.1 Å². The minimum atomic E-state index is 0.160. The van der Waals surface area contributed by atoms with E-state index >= 15 is 0 Å². The average molecular weight is 257 g/mol. The van der Waals surface area contributed by atoms with Gasteiger partial charge in [0.15, 0.2) is 0 Å². The molecule has 3 aromatic rings. The fourth-order valence-electron chi connectivity index (χ4n) is 2.15. The Bertz CT molecular complexity index is 727. The van der Waals surface area contributed by atoms with Crippen molar-refractivity contribution < 1.29 is 9.84 Å². The second kappa shape index (κ2) is 4.37. The van der Waals surface area contributed by atoms with Crippen LogP contribution in [0.25, 0.3) is 16.7 Å². The van der Waals surface area contributed by atoms with Crippen LogP contribution in [0.3, 0.4) is 0 Å². The third-order valence-corrected chi connectivity index (χ3v) is 3.02. The first kappa shape index (κ1) is 11.7. The van der Waals surface area contributed by atoms with E-state index in [4.69, 9.17) is 4.74 Å². The molecule has 0 bridgehead atoms. The first-order valence-corrected chi connectivity index (χ1v) is 6.00. The van der Waals surface area contributed by atoms with Crippen molar-refractivity contribution in [3.63, 3.8) is 0 Å². The van der Waals surface area contributed by atoms with Crippen LogP contribution in [0.1, 0.15) is 0 Å². The number of aliphatic hydroxyl groups is 1. The highest BCUT2D eigenvalue weighted by Gasteiger charge is 2.26. The summed E-state index contributed by atoms with van der Waals surface area (Å²) in [5.41, 5.74) is 2.92. The van der Waals surface area contributed by atoms with E-state index in [0.29, 0.717) is 12.3 Å². The molecule has 5 nitrogen and oxygen atoms in total. The van der Waals surface area contributed by atoms with E-state index in [9.17, 15) is 5.11 Å². The fourth-order valence-corrected chi connectivity index (χ4v) is 2.15. The van der Waals surface area contributed by atoms with Gasteiger partial charge in [0.25, 0.3) is 0 Å². The summed E-state index contributed by atoms with van der Waals surface area (Å²) in [5, 5.41) is 10.1. The lowest BCUT2D eigenvalue weighted by Gasteiger charge is -2.00. The van der Waals surface area contributed by atoms with Crippen LogP contribution in [0, 0.1) is 0 Å². The topological polar surface area (TPSA) is 43.2 Å². The zero-order valence-corrected chi connectivity index (χ0v) is 10.7. The number of aromatic nitrogens is 3. The standard InChI is InChI=1S/C14H15N3O2/c1-3-6-14(18)13(9-10-19-2)17-15-11-7-4-5-8-12(11)16(15)17/h3-9,18H,1,10H2,2H3/b13-9+,14-6+. The third kappa shape index (κ3) is 1.67. The molecule has 0 aliphatic carbocycles. The number of rotatable bonds is 5. The van der Waals surface area contributed by atoms with Gasteiger partial charge in [-0.15, -0.1) is 14.1 Å². The second-order valence-electron chi connectivity index (χ2n) is 4.19. The molecule has 1 N–H and O–H groups in total. The molecule has 3 rings (SSSR count). The molecule has 0 radical (unpaired) electrons. The first-order chi connectivity index (χ1) is 9.29. The van der Waals surface area contributed by atoms with Gasteiger partial charge < -0.3 is 9.84 Å². The number of hydrogen-bond donors (Lipinski definition) is 1. The van der Waals surface area contributed by atoms with E-state index in [0.717, 1.165) is 11.0 Å². The molecule has 2 heterocycles. The zero-order valence-electron chi connectivity index (χ0n) is 10.7. The first-order valence-electron chi connectivity index (χ1n) is 6.00. The molecule has 0 aliphatic heterocycles. The van der Waals surface area contributed by atoms with E-state index in [2.05, 4.69) is 6.58 Å². The van der Waals surface area contributed by atoms with Crippen LogP contribution in [0.4, 0.5) is 0 Å². The maximum atomic E-state index is 10.1. The lowest BCUT2D eigenvalue weighted by Crippen LogP contribution is -1.96. The molecule has 0 atom stereocenters. The number of methoxy groups -OCH3 is 1. The van der Waals surface area contributed by atoms with Crippen LogP contribution in [-0.4, -0.2) is 32.9 Å². The molecule has 0 spiro atoms. The fraction of sp³-hybridized carbons (Fsp3) is 0.143. The molecule has 0 amide bonds. The molecule has 98 valence electrons. The zero-order chi connectivity index (χ0) is 13.4. The SMILES string of the molecule is C=C/C=C(O)\C(=C/COC)n1n2c3ccccc3n12. The molecule has 5 heteroatoms. The smallest absolute Gasteiger partial charge is 0.142 e. The summed E-state index contributed by atoms with van der Waals surface area (Å²) in [5.74, 6) is 0.160. The van der Waals surface area contributed by atoms with Crippen LogP contribution in [-0.2, 0) is 4.74 Å². The number of para-hydroxylation sites is 2. The molecule has 0 fully saturated rings. The normalized spacial score (nSPS) is 13.9. The number of ether oxygens (including phenoxy) is 1. The minimum absolute atomic E-state index is 0.160. The highest BCUT2D eigenvalue weighted by molar-refractivity contribution is 5.80. The summed E-state index contributed by atoms with van der Waals surface area (Å²) in [7, 11) is 1.62. The Hall–Kier alpha value is -2.40. The van der Waals surface area contributed by atoms with E-state index in [1.54, 1.807) is 19.3 Å². The number of benzene rings is 1. The lowest BCUT2D eigenvalue weighted by molar-refractivity contribution is 0.233. The summed E-state index contributed by atoms with van der Waals surface area (Å²) in [4.78, 5) is 1.89. The van der Waals surface area contributed by atoms with Gasteiger partial charge >= 0.3 is 0 Å². The molecule has 2 aromatic heterocycles. The number of nitrogens with zero attached hydrogens (tertiary/aromatic N) is 3. The van der Waals surface area contributed by atoms with Gasteiger partial charge in [0.1, 0.15) is 22.5 Å². The Labute approximate surface area is 110 Å². The number of hydrogen-bond acceptors (Lipinski definition) is 2. The van der Waals surface area contributed by atoms with E-state index in [1.165, 1.54) is 0 Å². The Balaban J connectivity index is 2.07. The van der Waals surface area contributed by atoms with Crippen LogP contribution in [0.15, 0.2) is 54.8 Å². The number of allylic oxidation sites excluding steroid dienone is 3. The van der Waals surface area contributed by atoms with E-state index in [1.807, 2.05) is 44.4 Å². The highest BCUT2D eigenvalue weighted by atomic mass is 16.5. The minimum Gasteiger partial charge on any atom is -0.506 e. The van der Waals surface area contributed by atoms with Gasteiger partial charge in [-0.3, -0.25) is 0 Å². The largest absolute Gasteiger partial charge is 0.506 e. The molecule has 0 unspecified atom stereocenters. The van der Waals surface area contributed by atoms with Crippen molar-refractivity contribution in [3.05, 3.63) is 54.8 Å². The van der Waals surface area contributed by atoms with Gasteiger partial charge in [0, 0.05) is 7.11 Å². The van der Waals surface area contributed by atoms with Crippen molar-refractivity contribution in [2.75, 3.05) is 13.7 Å². The van der Waals surface area contributed by atoms with Gasteiger partial charge in [-0.05, 0) is 24.3 Å². The van der Waals surface area contributed by atoms with Crippen LogP contribution in [0.2, 0.25) is 0 Å². The van der Waals surface area contributed by atoms with Gasteiger partial charge in [0.05, 0.1) is 6.61 Å². The van der Waals surface area contributed by atoms with Crippen molar-refractivity contribution in [3.8, 4) is 0 Å². The van der Waals surface area contributed by atoms with E-state index in [-0.39, 0.29) is 5.76 Å². The Kier molecular flexibility index (Phi) is 2.68. The molecular weight excluding hydrogens is 242 g/mol. The molecule has 0 saturated carbocycles. The maximum Gasteiger partial charge on any atom is 0.142 e. The Morgan fingerprint density at radius 1 is 1.32 bits per heavy atom. The molecule has 0 saturated heterocycles. The average Bonchev–Trinajstić information content (AvgIpc) is 3.05. The predicted octanol–water partition coefficient (Wildman–Crippen LogP) is 2.55. The summed E-state index contributed by atoms with van der Waals surface area (Å²) < 4.78 is 8.99. The highest BCUT2D eigenvalue weighted by Crippen LogP contribution is 2.27. The predicted molar refractivity (Wildman–Crippen MR) is 74.6 cm³/mol. The Morgan fingerprint density at radius 3 is 2.47 bits per heavy atom. The molecule has 1 aromatic carbocycles. The van der Waals surface area contributed by atoms with Crippen molar-refractivity contribution in [2.45, 2.75) is 0 Å². The van der Waals surface area contributed by atoms with E-state index < -0.39 is 0 Å². The van der Waals surface area contributed by atoms with Crippen LogP contribution in [0.5, 0.6) is 0 Å². The summed E-state index contributed by atoms with van der Waals surface area (Å²) in [6, 6.07) is 8.05. The molecule has 19 heavy (non-hydrogen) atoms.